The molecule has 1 heteroatoms. The molecule has 0 saturated carbocycles. The van der Waals surface area contributed by atoms with Gasteiger partial charge < -0.3 is 4.90 Å². The molecule has 0 unspecified atom stereocenters. The molecule has 218 valence electrons. The van der Waals surface area contributed by atoms with Crippen LogP contribution in [0.4, 0.5) is 11.4 Å². The Balaban J connectivity index is 1.16. The van der Waals surface area contributed by atoms with Gasteiger partial charge in [-0.05, 0) is 119 Å². The summed E-state index contributed by atoms with van der Waals surface area (Å²) in [6.07, 6.45) is 13.3. The summed E-state index contributed by atoms with van der Waals surface area (Å²) in [5.41, 5.74) is 18.7. The topological polar surface area (TPSA) is 3.24 Å². The maximum Gasteiger partial charge on any atom is 0.0491 e. The summed E-state index contributed by atoms with van der Waals surface area (Å²) >= 11 is 0. The van der Waals surface area contributed by atoms with E-state index in [1.807, 2.05) is 0 Å². The number of benzene rings is 6. The van der Waals surface area contributed by atoms with Crippen LogP contribution < -0.4 is 25.8 Å². The van der Waals surface area contributed by atoms with E-state index in [0.717, 1.165) is 13.0 Å². The molecule has 0 aromatic heterocycles. The van der Waals surface area contributed by atoms with Crippen molar-refractivity contribution in [3.63, 3.8) is 0 Å². The molecule has 1 nitrogen and oxygen atoms in total. The van der Waals surface area contributed by atoms with Gasteiger partial charge in [-0.15, -0.1) is 0 Å². The molecule has 6 aromatic carbocycles. The molecular weight excluding hydrogens is 555 g/mol. The van der Waals surface area contributed by atoms with Crippen LogP contribution in [0.3, 0.4) is 0 Å². The Kier molecular flexibility index (Phi) is 5.51. The SMILES string of the molecule is CCCCCN(c1cccc2c1C=c1c-2ccc2c1=Cc1ccccc1-2)c1cccc2c1C=c1c-2ccc2c1=Cc1ccccc1-2. The molecule has 0 spiro atoms. The number of fused-ring (bicyclic) bond motifs is 14. The van der Waals surface area contributed by atoms with Gasteiger partial charge in [-0.25, -0.2) is 0 Å². The van der Waals surface area contributed by atoms with E-state index in [1.54, 1.807) is 0 Å². The molecule has 10 rings (SSSR count). The average Bonchev–Trinajstić information content (AvgIpc) is 3.86. The lowest BCUT2D eigenvalue weighted by molar-refractivity contribution is 0.716. The summed E-state index contributed by atoms with van der Waals surface area (Å²) in [4.78, 5) is 2.62. The van der Waals surface area contributed by atoms with Crippen molar-refractivity contribution in [1.82, 2.24) is 0 Å². The van der Waals surface area contributed by atoms with Crippen LogP contribution in [0.25, 0.3) is 68.8 Å². The highest BCUT2D eigenvalue weighted by molar-refractivity contribution is 5.97. The van der Waals surface area contributed by atoms with Crippen molar-refractivity contribution in [3.8, 4) is 44.5 Å². The zero-order valence-corrected chi connectivity index (χ0v) is 26.0. The molecule has 0 N–H and O–H groups in total. The van der Waals surface area contributed by atoms with E-state index >= 15 is 0 Å². The van der Waals surface area contributed by atoms with Crippen molar-refractivity contribution in [1.29, 1.82) is 0 Å². The minimum atomic E-state index is 0.987. The van der Waals surface area contributed by atoms with Crippen molar-refractivity contribution >= 4 is 35.7 Å². The molecule has 0 amide bonds. The maximum atomic E-state index is 2.62. The Morgan fingerprint density at radius 2 is 0.826 bits per heavy atom. The first-order chi connectivity index (χ1) is 22.8. The second-order valence-corrected chi connectivity index (χ2v) is 13.1. The van der Waals surface area contributed by atoms with Gasteiger partial charge in [0.15, 0.2) is 0 Å². The van der Waals surface area contributed by atoms with E-state index in [2.05, 4.69) is 145 Å². The van der Waals surface area contributed by atoms with Gasteiger partial charge in [0.2, 0.25) is 0 Å². The van der Waals surface area contributed by atoms with E-state index in [0.29, 0.717) is 0 Å². The van der Waals surface area contributed by atoms with Gasteiger partial charge in [0.05, 0.1) is 0 Å². The third kappa shape index (κ3) is 3.57. The first-order valence-electron chi connectivity index (χ1n) is 16.7. The summed E-state index contributed by atoms with van der Waals surface area (Å²) in [6, 6.07) is 40.8. The normalized spacial score (nSPS) is 13.1. The van der Waals surface area contributed by atoms with E-state index in [4.69, 9.17) is 0 Å². The molecule has 0 heterocycles. The highest BCUT2D eigenvalue weighted by atomic mass is 15.1. The molecule has 6 aromatic rings. The molecule has 0 saturated heterocycles. The van der Waals surface area contributed by atoms with Crippen molar-refractivity contribution < 1.29 is 0 Å². The lowest BCUT2D eigenvalue weighted by atomic mass is 9.98. The van der Waals surface area contributed by atoms with Crippen molar-refractivity contribution in [2.45, 2.75) is 26.2 Å². The first-order valence-corrected chi connectivity index (χ1v) is 16.7. The number of hydrogen-bond donors (Lipinski definition) is 0. The standard InChI is InChI=1S/C45H33N/c1-2-3-8-23-46(44-17-9-15-32-36-21-19-34-30-13-6-4-11-28(30)24-38(34)40(36)26-42(32)44)45-18-10-16-33-37-22-20-35-31-14-7-5-12-29(31)25-39(35)41(37)27-43(33)45/h4-7,9-22,24-27H,2-3,8,23H2,1H3. The smallest absolute Gasteiger partial charge is 0.0491 e. The predicted octanol–water partition coefficient (Wildman–Crippen LogP) is 8.25. The lowest BCUT2D eigenvalue weighted by Crippen LogP contribution is -2.25. The zero-order valence-electron chi connectivity index (χ0n) is 26.0. The second kappa shape index (κ2) is 9.80. The van der Waals surface area contributed by atoms with Gasteiger partial charge in [-0.2, -0.15) is 0 Å². The molecule has 46 heavy (non-hydrogen) atoms. The summed E-state index contributed by atoms with van der Waals surface area (Å²) in [6.45, 7) is 3.28. The minimum absolute atomic E-state index is 0.987. The fraction of sp³-hybridized carbons (Fsp3) is 0.111. The second-order valence-electron chi connectivity index (χ2n) is 13.1. The first kappa shape index (κ1) is 25.9. The fourth-order valence-corrected chi connectivity index (χ4v) is 8.41. The summed E-state index contributed by atoms with van der Waals surface area (Å²) in [5, 5.41) is 5.42. The van der Waals surface area contributed by atoms with Crippen LogP contribution in [0.5, 0.6) is 0 Å². The Labute approximate surface area is 269 Å². The summed E-state index contributed by atoms with van der Waals surface area (Å²) < 4.78 is 0. The Morgan fingerprint density at radius 1 is 0.391 bits per heavy atom. The molecule has 0 bridgehead atoms. The highest BCUT2D eigenvalue weighted by Gasteiger charge is 2.26. The number of rotatable bonds is 6. The number of unbranched alkanes of at least 4 members (excludes halogenated alkanes) is 2. The summed E-state index contributed by atoms with van der Waals surface area (Å²) in [5.74, 6) is 0. The van der Waals surface area contributed by atoms with Crippen LogP contribution in [0.1, 0.15) is 48.4 Å². The molecule has 4 aliphatic carbocycles. The Hall–Kier alpha value is -5.40. The Bertz CT molecular complexity index is 2370. The van der Waals surface area contributed by atoms with Crippen molar-refractivity contribution in [2.75, 3.05) is 11.4 Å². The fourth-order valence-electron chi connectivity index (χ4n) is 8.41. The summed E-state index contributed by atoms with van der Waals surface area (Å²) in [7, 11) is 0. The number of anilines is 2. The quantitative estimate of drug-likeness (QED) is 0.177. The van der Waals surface area contributed by atoms with E-state index in [1.165, 1.54) is 112 Å². The molecule has 0 fully saturated rings. The lowest BCUT2D eigenvalue weighted by Gasteiger charge is -2.29. The monoisotopic (exact) mass is 587 g/mol. The molecular formula is C45H33N. The van der Waals surface area contributed by atoms with Gasteiger partial charge in [-0.1, -0.05) is 117 Å². The van der Waals surface area contributed by atoms with Crippen LogP contribution in [0.2, 0.25) is 0 Å². The van der Waals surface area contributed by atoms with Crippen LogP contribution >= 0.6 is 0 Å². The van der Waals surface area contributed by atoms with Crippen molar-refractivity contribution in [2.24, 2.45) is 0 Å². The third-order valence-electron chi connectivity index (χ3n) is 10.6. The highest BCUT2D eigenvalue weighted by Crippen LogP contribution is 2.42. The Morgan fingerprint density at radius 3 is 1.33 bits per heavy atom. The molecule has 0 atom stereocenters. The van der Waals surface area contributed by atoms with E-state index < -0.39 is 0 Å². The third-order valence-corrected chi connectivity index (χ3v) is 10.6. The number of nitrogens with zero attached hydrogens (tertiary/aromatic N) is 1. The average molecular weight is 588 g/mol. The van der Waals surface area contributed by atoms with Crippen LogP contribution in [0, 0.1) is 0 Å². The zero-order chi connectivity index (χ0) is 30.4. The predicted molar refractivity (Wildman–Crippen MR) is 194 cm³/mol. The minimum Gasteiger partial charge on any atom is -0.340 e. The van der Waals surface area contributed by atoms with Crippen molar-refractivity contribution in [3.05, 3.63) is 152 Å². The van der Waals surface area contributed by atoms with Gasteiger partial charge in [-0.3, -0.25) is 0 Å². The van der Waals surface area contributed by atoms with Gasteiger partial charge in [0.25, 0.3) is 0 Å². The van der Waals surface area contributed by atoms with E-state index in [9.17, 15) is 0 Å². The molecule has 4 aliphatic rings. The van der Waals surface area contributed by atoms with Gasteiger partial charge >= 0.3 is 0 Å². The van der Waals surface area contributed by atoms with Gasteiger partial charge in [0, 0.05) is 29.0 Å². The maximum absolute atomic E-state index is 2.62. The largest absolute Gasteiger partial charge is 0.340 e. The van der Waals surface area contributed by atoms with Gasteiger partial charge in [0.1, 0.15) is 0 Å². The van der Waals surface area contributed by atoms with Crippen LogP contribution in [0.15, 0.2) is 109 Å². The molecule has 0 radical (unpaired) electrons. The number of hydrogen-bond acceptors (Lipinski definition) is 1. The van der Waals surface area contributed by atoms with Crippen LogP contribution in [-0.4, -0.2) is 6.54 Å². The van der Waals surface area contributed by atoms with Crippen LogP contribution in [-0.2, 0) is 0 Å². The van der Waals surface area contributed by atoms with E-state index in [-0.39, 0.29) is 0 Å². The molecule has 0 aliphatic heterocycles.